The number of hydrogen-bond donors (Lipinski definition) is 2. The van der Waals surface area contributed by atoms with Gasteiger partial charge in [-0.05, 0) is 24.3 Å². The van der Waals surface area contributed by atoms with Crippen LogP contribution in [0.4, 0.5) is 0 Å². The van der Waals surface area contributed by atoms with Crippen LogP contribution in [-0.4, -0.2) is 35.0 Å². The van der Waals surface area contributed by atoms with Gasteiger partial charge in [-0.1, -0.05) is 0 Å². The Kier molecular flexibility index (Phi) is 5.13. The molecule has 2 nitrogen and oxygen atoms in total. The highest BCUT2D eigenvalue weighted by molar-refractivity contribution is 8.06. The molecule has 17 heavy (non-hydrogen) atoms. The van der Waals surface area contributed by atoms with Crippen LogP contribution in [0.3, 0.4) is 0 Å². The number of thiol groups is 1. The van der Waals surface area contributed by atoms with Crippen molar-refractivity contribution in [2.75, 3.05) is 23.8 Å². The van der Waals surface area contributed by atoms with E-state index in [1.54, 1.807) is 12.1 Å². The molecule has 1 unspecified atom stereocenters. The molecule has 92 valence electrons. The Bertz CT molecular complexity index is 374. The van der Waals surface area contributed by atoms with E-state index in [-0.39, 0.29) is 5.91 Å². The summed E-state index contributed by atoms with van der Waals surface area (Å²) in [7, 11) is 0. The van der Waals surface area contributed by atoms with E-state index in [1.807, 2.05) is 35.7 Å². The Morgan fingerprint density at radius 3 is 2.76 bits per heavy atom. The highest BCUT2D eigenvalue weighted by atomic mass is 32.2. The average Bonchev–Trinajstić information content (AvgIpc) is 2.38. The molecule has 0 aromatic heterocycles. The molecule has 0 spiro atoms. The first-order valence-corrected chi connectivity index (χ1v) is 8.17. The molecule has 2 rings (SSSR count). The average molecular weight is 285 g/mol. The number of carbonyl (C=O) groups excluding carboxylic acids is 1. The number of amides is 1. The van der Waals surface area contributed by atoms with E-state index in [4.69, 9.17) is 0 Å². The molecule has 0 bridgehead atoms. The fourth-order valence-corrected chi connectivity index (χ4v) is 4.34. The van der Waals surface area contributed by atoms with Crippen LogP contribution in [0.25, 0.3) is 0 Å². The Morgan fingerprint density at radius 2 is 2.12 bits per heavy atom. The molecule has 1 amide bonds. The zero-order chi connectivity index (χ0) is 12.1. The summed E-state index contributed by atoms with van der Waals surface area (Å²) < 4.78 is 0. The molecule has 1 aliphatic rings. The van der Waals surface area contributed by atoms with Crippen LogP contribution in [-0.2, 0) is 0 Å². The molecule has 1 aromatic carbocycles. The van der Waals surface area contributed by atoms with Gasteiger partial charge in [0.1, 0.15) is 0 Å². The maximum atomic E-state index is 11.8. The quantitative estimate of drug-likeness (QED) is 0.836. The Morgan fingerprint density at radius 1 is 1.35 bits per heavy atom. The Hall–Kier alpha value is -0.260. The zero-order valence-electron chi connectivity index (χ0n) is 9.39. The topological polar surface area (TPSA) is 29.1 Å². The molecule has 1 N–H and O–H groups in total. The summed E-state index contributed by atoms with van der Waals surface area (Å²) in [5, 5.41) is 3.55. The molecule has 5 heteroatoms. The summed E-state index contributed by atoms with van der Waals surface area (Å²) in [5.74, 6) is 3.58. The molecule has 1 heterocycles. The lowest BCUT2D eigenvalue weighted by Crippen LogP contribution is -2.33. The summed E-state index contributed by atoms with van der Waals surface area (Å²) in [4.78, 5) is 12.7. The van der Waals surface area contributed by atoms with Crippen molar-refractivity contribution in [3.8, 4) is 0 Å². The van der Waals surface area contributed by atoms with Gasteiger partial charge in [-0.15, -0.1) is 12.6 Å². The second-order valence-electron chi connectivity index (χ2n) is 3.82. The number of hydrogen-bond acceptors (Lipinski definition) is 4. The maximum absolute atomic E-state index is 11.8. The third kappa shape index (κ3) is 4.16. The summed E-state index contributed by atoms with van der Waals surface area (Å²) in [5.41, 5.74) is 0.705. The number of benzene rings is 1. The van der Waals surface area contributed by atoms with E-state index in [2.05, 4.69) is 17.9 Å². The van der Waals surface area contributed by atoms with Crippen LogP contribution >= 0.6 is 36.2 Å². The van der Waals surface area contributed by atoms with Gasteiger partial charge < -0.3 is 5.32 Å². The summed E-state index contributed by atoms with van der Waals surface area (Å²) in [6.07, 6.45) is 0. The lowest BCUT2D eigenvalue weighted by Gasteiger charge is -2.21. The third-order valence-electron chi connectivity index (χ3n) is 2.50. The first kappa shape index (κ1) is 13.2. The van der Waals surface area contributed by atoms with Gasteiger partial charge in [0.25, 0.3) is 5.91 Å². The summed E-state index contributed by atoms with van der Waals surface area (Å²) in [6, 6.07) is 7.29. The van der Waals surface area contributed by atoms with Crippen molar-refractivity contribution >= 4 is 42.1 Å². The van der Waals surface area contributed by atoms with Crippen molar-refractivity contribution in [3.05, 3.63) is 29.8 Å². The smallest absolute Gasteiger partial charge is 0.251 e. The van der Waals surface area contributed by atoms with Crippen molar-refractivity contribution in [2.24, 2.45) is 0 Å². The van der Waals surface area contributed by atoms with E-state index in [9.17, 15) is 4.79 Å². The Balaban J connectivity index is 1.82. The van der Waals surface area contributed by atoms with Crippen molar-refractivity contribution in [2.45, 2.75) is 10.1 Å². The van der Waals surface area contributed by atoms with E-state index < -0.39 is 0 Å². The van der Waals surface area contributed by atoms with E-state index >= 15 is 0 Å². The monoisotopic (exact) mass is 285 g/mol. The second kappa shape index (κ2) is 6.61. The molecule has 1 aliphatic heterocycles. The number of rotatable bonds is 3. The fraction of sp³-hybridized carbons (Fsp3) is 0.417. The van der Waals surface area contributed by atoms with Gasteiger partial charge in [-0.2, -0.15) is 23.5 Å². The van der Waals surface area contributed by atoms with Crippen molar-refractivity contribution in [1.82, 2.24) is 5.32 Å². The lowest BCUT2D eigenvalue weighted by molar-refractivity contribution is 0.0954. The van der Waals surface area contributed by atoms with Crippen molar-refractivity contribution in [1.29, 1.82) is 0 Å². The lowest BCUT2D eigenvalue weighted by atomic mass is 10.2. The largest absolute Gasteiger partial charge is 0.351 e. The van der Waals surface area contributed by atoms with Gasteiger partial charge in [-0.25, -0.2) is 0 Å². The predicted octanol–water partition coefficient (Wildman–Crippen LogP) is 2.55. The first-order valence-electron chi connectivity index (χ1n) is 5.52. The van der Waals surface area contributed by atoms with Crippen LogP contribution in [0, 0.1) is 0 Å². The molecular weight excluding hydrogens is 270 g/mol. The molecule has 1 aromatic rings. The van der Waals surface area contributed by atoms with Gasteiger partial charge in [-0.3, -0.25) is 4.79 Å². The van der Waals surface area contributed by atoms with Crippen LogP contribution < -0.4 is 5.32 Å². The van der Waals surface area contributed by atoms with Gasteiger partial charge in [0.2, 0.25) is 0 Å². The number of carbonyl (C=O) groups is 1. The highest BCUT2D eigenvalue weighted by Gasteiger charge is 2.15. The highest BCUT2D eigenvalue weighted by Crippen LogP contribution is 2.23. The van der Waals surface area contributed by atoms with Crippen LogP contribution in [0.2, 0.25) is 0 Å². The minimum absolute atomic E-state index is 0.00880. The van der Waals surface area contributed by atoms with Crippen LogP contribution in [0.1, 0.15) is 10.4 Å². The van der Waals surface area contributed by atoms with Crippen LogP contribution in [0.5, 0.6) is 0 Å². The molecule has 1 fully saturated rings. The van der Waals surface area contributed by atoms with Crippen molar-refractivity contribution in [3.63, 3.8) is 0 Å². The predicted molar refractivity (Wildman–Crippen MR) is 79.6 cm³/mol. The minimum Gasteiger partial charge on any atom is -0.351 e. The second-order valence-corrected chi connectivity index (χ2v) is 6.90. The van der Waals surface area contributed by atoms with E-state index in [0.717, 1.165) is 17.2 Å². The molecule has 1 saturated heterocycles. The summed E-state index contributed by atoms with van der Waals surface area (Å²) >= 11 is 8.12. The Labute approximate surface area is 116 Å². The molecule has 0 radical (unpaired) electrons. The van der Waals surface area contributed by atoms with Gasteiger partial charge in [0, 0.05) is 39.5 Å². The standard InChI is InChI=1S/C12H15NOS3/c14-12(9-1-3-10(15)4-2-9)13-7-11-8-16-5-6-17-11/h1-4,11,15H,5-8H2,(H,13,14). The maximum Gasteiger partial charge on any atom is 0.251 e. The molecule has 1 atom stereocenters. The van der Waals surface area contributed by atoms with E-state index in [1.165, 1.54) is 11.5 Å². The van der Waals surface area contributed by atoms with Gasteiger partial charge >= 0.3 is 0 Å². The number of nitrogens with one attached hydrogen (secondary N) is 1. The number of thioether (sulfide) groups is 2. The van der Waals surface area contributed by atoms with Gasteiger partial charge in [0.15, 0.2) is 0 Å². The van der Waals surface area contributed by atoms with E-state index in [0.29, 0.717) is 10.8 Å². The third-order valence-corrected chi connectivity index (χ3v) is 5.65. The SMILES string of the molecule is O=C(NCC1CSCCS1)c1ccc(S)cc1. The van der Waals surface area contributed by atoms with Crippen LogP contribution in [0.15, 0.2) is 29.2 Å². The fourth-order valence-electron chi connectivity index (χ4n) is 1.58. The van der Waals surface area contributed by atoms with Crippen molar-refractivity contribution < 1.29 is 4.79 Å². The molecule has 0 saturated carbocycles. The molecular formula is C12H15NOS3. The first-order chi connectivity index (χ1) is 8.25. The minimum atomic E-state index is 0.00880. The molecule has 0 aliphatic carbocycles. The summed E-state index contributed by atoms with van der Waals surface area (Å²) in [6.45, 7) is 0.763. The van der Waals surface area contributed by atoms with Gasteiger partial charge in [0.05, 0.1) is 0 Å². The zero-order valence-corrected chi connectivity index (χ0v) is 11.9. The normalized spacial score (nSPS) is 19.9.